The Hall–Kier alpha value is -1.27. The maximum atomic E-state index is 12.7. The number of carbonyl (C=O) groups excluding carboxylic acids is 1. The number of hydrogen-bond donors (Lipinski definition) is 1. The number of rotatable bonds is 6. The zero-order chi connectivity index (χ0) is 19.6. The number of likely N-dealkylation sites (N-methyl/N-ethyl adjacent to an activating group) is 1. The van der Waals surface area contributed by atoms with Crippen LogP contribution in [0.2, 0.25) is 10.0 Å². The van der Waals surface area contributed by atoms with E-state index in [2.05, 4.69) is 18.9 Å². The third-order valence-electron chi connectivity index (χ3n) is 4.56. The number of aromatic nitrogens is 2. The quantitative estimate of drug-likeness (QED) is 0.742. The van der Waals surface area contributed by atoms with E-state index in [1.807, 2.05) is 27.0 Å². The van der Waals surface area contributed by atoms with Crippen LogP contribution in [0.5, 0.6) is 0 Å². The van der Waals surface area contributed by atoms with Crippen LogP contribution < -0.4 is 5.73 Å². The van der Waals surface area contributed by atoms with Crippen molar-refractivity contribution in [2.45, 2.75) is 34.1 Å². The second-order valence-corrected chi connectivity index (χ2v) is 8.27. The molecule has 0 bridgehead atoms. The van der Waals surface area contributed by atoms with E-state index in [4.69, 9.17) is 28.9 Å². The number of hydrogen-bond acceptors (Lipinski definition) is 3. The fourth-order valence-corrected chi connectivity index (χ4v) is 3.17. The fourth-order valence-electron chi connectivity index (χ4n) is 2.88. The lowest BCUT2D eigenvalue weighted by atomic mass is 9.93. The van der Waals surface area contributed by atoms with E-state index in [1.165, 1.54) is 0 Å². The molecule has 0 atom stereocenters. The Morgan fingerprint density at radius 3 is 2.44 bits per heavy atom. The highest BCUT2D eigenvalue weighted by Gasteiger charge is 2.23. The summed E-state index contributed by atoms with van der Waals surface area (Å²) < 4.78 is 1.80. The number of nitrogens with zero attached hydrogens (tertiary/aromatic N) is 3. The Labute approximate surface area is 177 Å². The zero-order valence-electron chi connectivity index (χ0n) is 16.3. The van der Waals surface area contributed by atoms with Gasteiger partial charge in [0.2, 0.25) is 5.91 Å². The van der Waals surface area contributed by atoms with E-state index < -0.39 is 0 Å². The molecule has 1 heterocycles. The summed E-state index contributed by atoms with van der Waals surface area (Å²) in [5.41, 5.74) is 9.15. The first-order valence-corrected chi connectivity index (χ1v) is 9.26. The predicted octanol–water partition coefficient (Wildman–Crippen LogP) is 4.20. The maximum Gasteiger partial charge on any atom is 0.226 e. The number of carbonyl (C=O) groups is 1. The highest BCUT2D eigenvalue weighted by Crippen LogP contribution is 2.26. The largest absolute Gasteiger partial charge is 0.345 e. The van der Waals surface area contributed by atoms with Crippen molar-refractivity contribution in [1.82, 2.24) is 14.7 Å². The molecule has 27 heavy (non-hydrogen) atoms. The van der Waals surface area contributed by atoms with Crippen molar-refractivity contribution in [3.63, 3.8) is 0 Å². The number of benzene rings is 1. The first kappa shape index (κ1) is 23.8. The van der Waals surface area contributed by atoms with Crippen LogP contribution in [0.1, 0.15) is 30.8 Å². The van der Waals surface area contributed by atoms with Gasteiger partial charge in [0.15, 0.2) is 0 Å². The standard InChI is InChI=1S/C19H26Cl2N4O.ClH/c1-12-15(9-18(26)24(5)11-19(3,4)10-22)13(2)25(23-12)14-6-7-16(20)17(21)8-14;/h6-8H,9-11,22H2,1-5H3;1H. The molecular weight excluding hydrogens is 407 g/mol. The molecule has 0 fully saturated rings. The molecule has 0 saturated carbocycles. The SMILES string of the molecule is Cc1nn(-c2ccc(Cl)c(Cl)c2)c(C)c1CC(=O)N(C)CC(C)(C)CN.Cl. The molecule has 0 spiro atoms. The molecule has 5 nitrogen and oxygen atoms in total. The molecule has 0 aliphatic heterocycles. The summed E-state index contributed by atoms with van der Waals surface area (Å²) in [5, 5.41) is 5.55. The third kappa shape index (κ3) is 5.61. The second kappa shape index (κ2) is 9.28. The number of aryl methyl sites for hydroxylation is 1. The molecule has 0 unspecified atom stereocenters. The third-order valence-corrected chi connectivity index (χ3v) is 5.30. The van der Waals surface area contributed by atoms with E-state index in [0.29, 0.717) is 29.6 Å². The minimum absolute atomic E-state index is 0. The smallest absolute Gasteiger partial charge is 0.226 e. The van der Waals surface area contributed by atoms with Crippen molar-refractivity contribution in [2.24, 2.45) is 11.1 Å². The van der Waals surface area contributed by atoms with Crippen LogP contribution in [-0.2, 0) is 11.2 Å². The first-order valence-electron chi connectivity index (χ1n) is 8.50. The van der Waals surface area contributed by atoms with Gasteiger partial charge >= 0.3 is 0 Å². The van der Waals surface area contributed by atoms with E-state index in [-0.39, 0.29) is 23.7 Å². The summed E-state index contributed by atoms with van der Waals surface area (Å²) >= 11 is 12.1. The topological polar surface area (TPSA) is 64.2 Å². The monoisotopic (exact) mass is 432 g/mol. The summed E-state index contributed by atoms with van der Waals surface area (Å²) in [6.07, 6.45) is 0.302. The van der Waals surface area contributed by atoms with Crippen molar-refractivity contribution in [3.8, 4) is 5.69 Å². The van der Waals surface area contributed by atoms with Crippen LogP contribution >= 0.6 is 35.6 Å². The van der Waals surface area contributed by atoms with Gasteiger partial charge in [-0.2, -0.15) is 5.10 Å². The molecular formula is C19H27Cl3N4O. The van der Waals surface area contributed by atoms with E-state index in [0.717, 1.165) is 22.6 Å². The van der Waals surface area contributed by atoms with Gasteiger partial charge < -0.3 is 10.6 Å². The Morgan fingerprint density at radius 2 is 1.89 bits per heavy atom. The minimum Gasteiger partial charge on any atom is -0.345 e. The minimum atomic E-state index is -0.112. The lowest BCUT2D eigenvalue weighted by Gasteiger charge is -2.29. The molecule has 1 aromatic heterocycles. The van der Waals surface area contributed by atoms with Crippen LogP contribution in [0.4, 0.5) is 0 Å². The summed E-state index contributed by atoms with van der Waals surface area (Å²) in [7, 11) is 1.81. The number of halogens is 3. The van der Waals surface area contributed by atoms with Crippen LogP contribution in [0, 0.1) is 19.3 Å². The molecule has 1 amide bonds. The summed E-state index contributed by atoms with van der Waals surface area (Å²) in [4.78, 5) is 14.4. The van der Waals surface area contributed by atoms with Crippen LogP contribution in [0.25, 0.3) is 5.69 Å². The highest BCUT2D eigenvalue weighted by atomic mass is 35.5. The molecule has 8 heteroatoms. The van der Waals surface area contributed by atoms with Crippen molar-refractivity contribution in [3.05, 3.63) is 45.2 Å². The fraction of sp³-hybridized carbons (Fsp3) is 0.474. The van der Waals surface area contributed by atoms with E-state index in [1.54, 1.807) is 21.7 Å². The Bertz CT molecular complexity index is 818. The molecule has 2 rings (SSSR count). The summed E-state index contributed by atoms with van der Waals surface area (Å²) in [5.74, 6) is 0.0476. The summed E-state index contributed by atoms with van der Waals surface area (Å²) in [6.45, 7) is 9.10. The lowest BCUT2D eigenvalue weighted by Crippen LogP contribution is -2.40. The molecule has 0 saturated heterocycles. The van der Waals surface area contributed by atoms with Gasteiger partial charge in [0, 0.05) is 24.8 Å². The van der Waals surface area contributed by atoms with Crippen LogP contribution in [0.15, 0.2) is 18.2 Å². The Kier molecular flexibility index (Phi) is 8.17. The molecule has 0 aliphatic rings. The van der Waals surface area contributed by atoms with E-state index in [9.17, 15) is 4.79 Å². The van der Waals surface area contributed by atoms with Gasteiger partial charge in [-0.1, -0.05) is 37.0 Å². The molecule has 150 valence electrons. The van der Waals surface area contributed by atoms with Crippen molar-refractivity contribution >= 4 is 41.5 Å². The van der Waals surface area contributed by atoms with Gasteiger partial charge in [-0.05, 0) is 44.0 Å². The first-order chi connectivity index (χ1) is 12.1. The normalized spacial score (nSPS) is 11.3. The molecule has 0 aliphatic carbocycles. The second-order valence-electron chi connectivity index (χ2n) is 7.45. The maximum absolute atomic E-state index is 12.7. The molecule has 2 aromatic rings. The zero-order valence-corrected chi connectivity index (χ0v) is 18.7. The lowest BCUT2D eigenvalue weighted by molar-refractivity contribution is -0.130. The Balaban J connectivity index is 0.00000364. The molecule has 0 radical (unpaired) electrons. The molecule has 2 N–H and O–H groups in total. The van der Waals surface area contributed by atoms with Crippen molar-refractivity contribution in [1.29, 1.82) is 0 Å². The van der Waals surface area contributed by atoms with Gasteiger partial charge in [0.05, 0.1) is 27.8 Å². The average Bonchev–Trinajstić information content (AvgIpc) is 2.85. The van der Waals surface area contributed by atoms with Crippen LogP contribution in [0.3, 0.4) is 0 Å². The highest BCUT2D eigenvalue weighted by molar-refractivity contribution is 6.42. The van der Waals surface area contributed by atoms with Gasteiger partial charge in [-0.25, -0.2) is 4.68 Å². The van der Waals surface area contributed by atoms with Gasteiger partial charge in [0.1, 0.15) is 0 Å². The van der Waals surface area contributed by atoms with Crippen molar-refractivity contribution < 1.29 is 4.79 Å². The van der Waals surface area contributed by atoms with Crippen LogP contribution in [-0.4, -0.2) is 40.7 Å². The Morgan fingerprint density at radius 1 is 1.26 bits per heavy atom. The van der Waals surface area contributed by atoms with Gasteiger partial charge in [-0.3, -0.25) is 4.79 Å². The van der Waals surface area contributed by atoms with Gasteiger partial charge in [0.25, 0.3) is 0 Å². The van der Waals surface area contributed by atoms with Crippen molar-refractivity contribution in [2.75, 3.05) is 20.1 Å². The average molecular weight is 434 g/mol. The number of amides is 1. The predicted molar refractivity (Wildman–Crippen MR) is 114 cm³/mol. The van der Waals surface area contributed by atoms with Gasteiger partial charge in [-0.15, -0.1) is 12.4 Å². The molecule has 1 aromatic carbocycles. The summed E-state index contributed by atoms with van der Waals surface area (Å²) in [6, 6.07) is 5.36. The van der Waals surface area contributed by atoms with E-state index >= 15 is 0 Å². The number of nitrogens with two attached hydrogens (primary N) is 1.